The Morgan fingerprint density at radius 2 is 1.75 bits per heavy atom. The summed E-state index contributed by atoms with van der Waals surface area (Å²) >= 11 is 0. The molecule has 2 saturated heterocycles. The molecule has 3 rings (SSSR count). The van der Waals surface area contributed by atoms with Crippen LogP contribution in [0.25, 0.3) is 0 Å². The van der Waals surface area contributed by atoms with Gasteiger partial charge in [-0.3, -0.25) is 0 Å². The summed E-state index contributed by atoms with van der Waals surface area (Å²) in [5.74, 6) is -0.522. The van der Waals surface area contributed by atoms with Crippen molar-refractivity contribution in [2.75, 3.05) is 6.61 Å². The van der Waals surface area contributed by atoms with Gasteiger partial charge in [0.1, 0.15) is 18.3 Å². The first-order valence-corrected chi connectivity index (χ1v) is 6.04. The van der Waals surface area contributed by atoms with Crippen LogP contribution in [0.5, 0.6) is 0 Å². The first-order valence-electron chi connectivity index (χ1n) is 6.04. The molecule has 0 aromatic rings. The summed E-state index contributed by atoms with van der Waals surface area (Å²) in [5.41, 5.74) is 0. The Morgan fingerprint density at radius 3 is 2.44 bits per heavy atom. The summed E-state index contributed by atoms with van der Waals surface area (Å²) < 4.78 is 16.9. The van der Waals surface area contributed by atoms with E-state index in [0.717, 1.165) is 25.7 Å². The Labute approximate surface area is 94.3 Å². The summed E-state index contributed by atoms with van der Waals surface area (Å²) in [6.45, 7) is -0.141. The largest absolute Gasteiger partial charge is 0.394 e. The number of ether oxygens (including phenoxy) is 3. The highest BCUT2D eigenvalue weighted by atomic mass is 16.8. The Kier molecular flexibility index (Phi) is 2.68. The Morgan fingerprint density at radius 1 is 1.06 bits per heavy atom. The molecule has 5 nitrogen and oxygen atoms in total. The maximum atomic E-state index is 9.68. The predicted octanol–water partition coefficient (Wildman–Crippen LogP) is 0.140. The molecule has 92 valence electrons. The summed E-state index contributed by atoms with van der Waals surface area (Å²) in [5, 5.41) is 18.8. The molecule has 0 aromatic carbocycles. The number of fused-ring (bicyclic) bond motifs is 1. The van der Waals surface area contributed by atoms with Gasteiger partial charge in [0, 0.05) is 12.8 Å². The molecule has 0 amide bonds. The molecule has 0 radical (unpaired) electrons. The number of hydrogen-bond donors (Lipinski definition) is 2. The van der Waals surface area contributed by atoms with E-state index in [1.807, 2.05) is 0 Å². The Hall–Kier alpha value is -0.200. The van der Waals surface area contributed by atoms with Gasteiger partial charge < -0.3 is 24.4 Å². The molecule has 0 aromatic heterocycles. The van der Waals surface area contributed by atoms with Crippen LogP contribution in [0.15, 0.2) is 0 Å². The van der Waals surface area contributed by atoms with Crippen molar-refractivity contribution < 1.29 is 24.4 Å². The number of hydrogen-bond acceptors (Lipinski definition) is 5. The van der Waals surface area contributed by atoms with Crippen molar-refractivity contribution in [3.63, 3.8) is 0 Å². The predicted molar refractivity (Wildman–Crippen MR) is 53.5 cm³/mol. The van der Waals surface area contributed by atoms with Crippen LogP contribution in [0.2, 0.25) is 0 Å². The maximum absolute atomic E-state index is 9.68. The van der Waals surface area contributed by atoms with Crippen LogP contribution in [0.4, 0.5) is 0 Å². The van der Waals surface area contributed by atoms with Crippen molar-refractivity contribution in [2.45, 2.75) is 62.5 Å². The lowest BCUT2D eigenvalue weighted by atomic mass is 9.94. The molecule has 1 unspecified atom stereocenters. The van der Waals surface area contributed by atoms with Crippen LogP contribution in [0, 0.1) is 0 Å². The van der Waals surface area contributed by atoms with E-state index < -0.39 is 24.3 Å². The van der Waals surface area contributed by atoms with Crippen molar-refractivity contribution >= 4 is 0 Å². The molecule has 3 fully saturated rings. The van der Waals surface area contributed by atoms with Crippen molar-refractivity contribution in [1.82, 2.24) is 0 Å². The van der Waals surface area contributed by atoms with Crippen molar-refractivity contribution in [3.05, 3.63) is 0 Å². The monoisotopic (exact) mass is 230 g/mol. The fourth-order valence-electron chi connectivity index (χ4n) is 2.97. The smallest absolute Gasteiger partial charge is 0.184 e. The van der Waals surface area contributed by atoms with E-state index in [-0.39, 0.29) is 12.7 Å². The van der Waals surface area contributed by atoms with Crippen molar-refractivity contribution in [2.24, 2.45) is 0 Å². The minimum atomic E-state index is -0.969. The normalized spacial score (nSPS) is 46.1. The molecule has 4 atom stereocenters. The topological polar surface area (TPSA) is 68.2 Å². The van der Waals surface area contributed by atoms with Gasteiger partial charge in [-0.1, -0.05) is 6.42 Å². The van der Waals surface area contributed by atoms with Gasteiger partial charge in [-0.2, -0.15) is 0 Å². The highest BCUT2D eigenvalue weighted by Gasteiger charge is 2.57. The number of aliphatic hydroxyl groups is 2. The van der Waals surface area contributed by atoms with Gasteiger partial charge in [0.05, 0.1) is 6.61 Å². The minimum Gasteiger partial charge on any atom is -0.394 e. The van der Waals surface area contributed by atoms with E-state index in [2.05, 4.69) is 0 Å². The zero-order valence-corrected chi connectivity index (χ0v) is 9.17. The minimum absolute atomic E-state index is 0.141. The first kappa shape index (κ1) is 10.9. The Bertz CT molecular complexity index is 263. The number of aliphatic hydroxyl groups excluding tert-OH is 2. The van der Waals surface area contributed by atoms with Crippen LogP contribution in [0.3, 0.4) is 0 Å². The maximum Gasteiger partial charge on any atom is 0.184 e. The highest BCUT2D eigenvalue weighted by molar-refractivity contribution is 4.97. The van der Waals surface area contributed by atoms with Gasteiger partial charge in [0.25, 0.3) is 0 Å². The molecule has 5 heteroatoms. The lowest BCUT2D eigenvalue weighted by Crippen LogP contribution is -2.37. The number of rotatable bonds is 1. The fraction of sp³-hybridized carbons (Fsp3) is 1.00. The second kappa shape index (κ2) is 3.92. The molecule has 16 heavy (non-hydrogen) atoms. The average Bonchev–Trinajstić information content (AvgIpc) is 2.78. The Balaban J connectivity index is 1.76. The zero-order valence-electron chi connectivity index (χ0n) is 9.17. The van der Waals surface area contributed by atoms with Crippen LogP contribution in [0.1, 0.15) is 32.1 Å². The molecule has 2 heterocycles. The molecule has 2 aliphatic heterocycles. The van der Waals surface area contributed by atoms with Gasteiger partial charge in [-0.15, -0.1) is 0 Å². The lowest BCUT2D eigenvalue weighted by Gasteiger charge is -2.33. The standard InChI is InChI=1S/C11H18O5/c12-6-7-8-9(10(13)14-7)16-11(15-8)4-2-1-3-5-11/h7-10,12-13H,1-6H2/t7-,8-,9-,10?/m1/s1. The quantitative estimate of drug-likeness (QED) is 0.670. The van der Waals surface area contributed by atoms with E-state index in [1.165, 1.54) is 6.42 Å². The molecular weight excluding hydrogens is 212 g/mol. The van der Waals surface area contributed by atoms with E-state index in [4.69, 9.17) is 19.3 Å². The van der Waals surface area contributed by atoms with Crippen LogP contribution in [-0.4, -0.2) is 47.2 Å². The average molecular weight is 230 g/mol. The molecule has 1 saturated carbocycles. The third-order valence-corrected chi connectivity index (χ3v) is 3.78. The van der Waals surface area contributed by atoms with E-state index in [0.29, 0.717) is 0 Å². The molecule has 3 aliphatic rings. The molecule has 1 aliphatic carbocycles. The summed E-state index contributed by atoms with van der Waals surface area (Å²) in [7, 11) is 0. The van der Waals surface area contributed by atoms with Crippen LogP contribution >= 0.6 is 0 Å². The molecule has 2 N–H and O–H groups in total. The van der Waals surface area contributed by atoms with E-state index in [1.54, 1.807) is 0 Å². The van der Waals surface area contributed by atoms with E-state index >= 15 is 0 Å². The fourth-order valence-corrected chi connectivity index (χ4v) is 2.97. The van der Waals surface area contributed by atoms with Gasteiger partial charge in [0.15, 0.2) is 12.1 Å². The first-order chi connectivity index (χ1) is 7.74. The second-order valence-corrected chi connectivity index (χ2v) is 4.88. The van der Waals surface area contributed by atoms with E-state index in [9.17, 15) is 5.11 Å². The SMILES string of the molecule is OC[C@H]1OC(O)[C@@H]2OC3(CCCCC3)O[C@H]12. The zero-order chi connectivity index (χ0) is 11.2. The molecule has 0 bridgehead atoms. The third kappa shape index (κ3) is 1.58. The summed E-state index contributed by atoms with van der Waals surface area (Å²) in [6.07, 6.45) is 2.99. The lowest BCUT2D eigenvalue weighted by molar-refractivity contribution is -0.249. The molecular formula is C11H18O5. The summed E-state index contributed by atoms with van der Waals surface area (Å²) in [4.78, 5) is 0. The summed E-state index contributed by atoms with van der Waals surface area (Å²) in [6, 6.07) is 0. The second-order valence-electron chi connectivity index (χ2n) is 4.88. The third-order valence-electron chi connectivity index (χ3n) is 3.78. The molecule has 1 spiro atoms. The van der Waals surface area contributed by atoms with Crippen molar-refractivity contribution in [3.8, 4) is 0 Å². The highest BCUT2D eigenvalue weighted by Crippen LogP contribution is 2.45. The van der Waals surface area contributed by atoms with Crippen LogP contribution < -0.4 is 0 Å². The van der Waals surface area contributed by atoms with Crippen molar-refractivity contribution in [1.29, 1.82) is 0 Å². The van der Waals surface area contributed by atoms with Gasteiger partial charge >= 0.3 is 0 Å². The van der Waals surface area contributed by atoms with Gasteiger partial charge in [-0.05, 0) is 12.8 Å². The van der Waals surface area contributed by atoms with Crippen LogP contribution in [-0.2, 0) is 14.2 Å². The van der Waals surface area contributed by atoms with Gasteiger partial charge in [0.2, 0.25) is 0 Å². The van der Waals surface area contributed by atoms with Gasteiger partial charge in [-0.25, -0.2) is 0 Å².